The van der Waals surface area contributed by atoms with Crippen LogP contribution in [-0.4, -0.2) is 9.47 Å². The molecular weight excluding hydrogens is 206 g/mol. The molecule has 2 heterocycles. The van der Waals surface area contributed by atoms with Crippen LogP contribution in [0.25, 0.3) is 11.3 Å². The van der Waals surface area contributed by atoms with E-state index in [1.54, 1.807) is 0 Å². The smallest absolute Gasteiger partial charge is 0.193 e. The molecule has 2 aromatic rings. The van der Waals surface area contributed by atoms with Gasteiger partial charge in [0.05, 0.1) is 5.69 Å². The van der Waals surface area contributed by atoms with E-state index in [0.29, 0.717) is 0 Å². The molecule has 2 aromatic heterocycles. The lowest BCUT2D eigenvalue weighted by Crippen LogP contribution is -2.37. The molecule has 0 bridgehead atoms. The molecule has 15 heavy (non-hydrogen) atoms. The second-order valence-electron chi connectivity index (χ2n) is 3.42. The van der Waals surface area contributed by atoms with E-state index in [1.807, 2.05) is 28.5 Å². The molecule has 0 aliphatic carbocycles. The van der Waals surface area contributed by atoms with Crippen LogP contribution in [0, 0.1) is 0 Å². The summed E-state index contributed by atoms with van der Waals surface area (Å²) in [5.74, 6) is 0. The molecule has 0 amide bonds. The van der Waals surface area contributed by atoms with Gasteiger partial charge >= 0.3 is 0 Å². The van der Waals surface area contributed by atoms with E-state index >= 15 is 0 Å². The Balaban J connectivity index is 2.11. The normalized spacial score (nSPS) is 10.5. The number of rotatable bonds is 4. The van der Waals surface area contributed by atoms with Crippen molar-refractivity contribution in [3.05, 3.63) is 29.9 Å². The van der Waals surface area contributed by atoms with Crippen LogP contribution < -0.4 is 4.68 Å². The van der Waals surface area contributed by atoms with Crippen LogP contribution in [0.5, 0.6) is 0 Å². The fraction of sp³-hybridized carbons (Fsp3) is 0.364. The van der Waals surface area contributed by atoms with Crippen molar-refractivity contribution in [2.45, 2.75) is 26.3 Å². The number of aryl methyl sites for hydroxylation is 1. The van der Waals surface area contributed by atoms with Gasteiger partial charge in [-0.1, -0.05) is 18.0 Å². The summed E-state index contributed by atoms with van der Waals surface area (Å²) >= 11 is 1.47. The Kier molecular flexibility index (Phi) is 3.40. The van der Waals surface area contributed by atoms with E-state index in [2.05, 4.69) is 22.5 Å². The lowest BCUT2D eigenvalue weighted by Gasteiger charge is -1.94. The van der Waals surface area contributed by atoms with E-state index in [4.69, 9.17) is 0 Å². The quantitative estimate of drug-likeness (QED) is 0.740. The lowest BCUT2D eigenvalue weighted by molar-refractivity contribution is -0.754. The first-order chi connectivity index (χ1) is 7.40. The first kappa shape index (κ1) is 10.2. The van der Waals surface area contributed by atoms with Crippen molar-refractivity contribution in [2.24, 2.45) is 0 Å². The van der Waals surface area contributed by atoms with Gasteiger partial charge in [-0.2, -0.15) is 4.37 Å². The van der Waals surface area contributed by atoms with Crippen molar-refractivity contribution >= 4 is 11.5 Å². The summed E-state index contributed by atoms with van der Waals surface area (Å²) in [6.45, 7) is 3.18. The molecule has 0 N–H and O–H groups in total. The van der Waals surface area contributed by atoms with Crippen LogP contribution in [0.1, 0.15) is 19.8 Å². The maximum Gasteiger partial charge on any atom is 0.196 e. The van der Waals surface area contributed by atoms with Crippen molar-refractivity contribution in [3.8, 4) is 11.3 Å². The molecule has 0 saturated carbocycles. The van der Waals surface area contributed by atoms with Crippen LogP contribution in [0.3, 0.4) is 0 Å². The van der Waals surface area contributed by atoms with Crippen molar-refractivity contribution in [2.75, 3.05) is 0 Å². The predicted molar refractivity (Wildman–Crippen MR) is 60.4 cm³/mol. The molecule has 0 aliphatic rings. The molecule has 4 heteroatoms. The Labute approximate surface area is 93.6 Å². The Bertz CT molecular complexity index is 394. The third-order valence-corrected chi connectivity index (χ3v) is 2.81. The second-order valence-corrected chi connectivity index (χ2v) is 4.08. The Morgan fingerprint density at radius 1 is 1.40 bits per heavy atom. The number of unbranched alkanes of at least 4 members (excludes halogenated alkanes) is 1. The molecule has 3 nitrogen and oxygen atoms in total. The minimum atomic E-state index is 0.994. The first-order valence-electron chi connectivity index (χ1n) is 5.16. The van der Waals surface area contributed by atoms with Crippen LogP contribution in [0.15, 0.2) is 29.9 Å². The maximum atomic E-state index is 4.35. The van der Waals surface area contributed by atoms with Gasteiger partial charge < -0.3 is 0 Å². The third kappa shape index (κ3) is 2.59. The molecule has 0 saturated heterocycles. The van der Waals surface area contributed by atoms with E-state index in [0.717, 1.165) is 17.8 Å². The molecule has 0 unspecified atom stereocenters. The third-order valence-electron chi connectivity index (χ3n) is 2.25. The zero-order valence-corrected chi connectivity index (χ0v) is 9.57. The van der Waals surface area contributed by atoms with Gasteiger partial charge in [0.1, 0.15) is 6.20 Å². The van der Waals surface area contributed by atoms with Gasteiger partial charge in [0.15, 0.2) is 12.7 Å². The molecule has 78 valence electrons. The molecular formula is C11H14N3S+. The Morgan fingerprint density at radius 3 is 2.93 bits per heavy atom. The fourth-order valence-electron chi connectivity index (χ4n) is 1.35. The molecule has 0 aromatic carbocycles. The standard InChI is InChI=1S/C11H14N3S/c1-2-3-6-14-7-4-10(9-12-14)11-5-8-15-13-11/h4-5,7-9H,2-3,6H2,1H3/q+1. The molecule has 0 radical (unpaired) electrons. The minimum Gasteiger partial charge on any atom is -0.193 e. The SMILES string of the molecule is CCCC[n+]1ccc(-c2ccsn2)cn1. The highest BCUT2D eigenvalue weighted by Crippen LogP contribution is 2.15. The molecule has 2 rings (SSSR count). The summed E-state index contributed by atoms with van der Waals surface area (Å²) in [6, 6.07) is 4.08. The largest absolute Gasteiger partial charge is 0.196 e. The van der Waals surface area contributed by atoms with Gasteiger partial charge in [0.2, 0.25) is 0 Å². The van der Waals surface area contributed by atoms with Crippen LogP contribution >= 0.6 is 11.5 Å². The molecule has 0 fully saturated rings. The van der Waals surface area contributed by atoms with Crippen molar-refractivity contribution < 1.29 is 4.68 Å². The summed E-state index contributed by atoms with van der Waals surface area (Å²) in [7, 11) is 0. The zero-order chi connectivity index (χ0) is 10.5. The number of hydrogen-bond donors (Lipinski definition) is 0. The summed E-state index contributed by atoms with van der Waals surface area (Å²) in [5.41, 5.74) is 2.10. The monoisotopic (exact) mass is 220 g/mol. The van der Waals surface area contributed by atoms with Gasteiger partial charge in [-0.15, -0.1) is 0 Å². The zero-order valence-electron chi connectivity index (χ0n) is 8.76. The molecule has 0 aliphatic heterocycles. The van der Waals surface area contributed by atoms with Gasteiger partial charge in [-0.3, -0.25) is 0 Å². The van der Waals surface area contributed by atoms with Gasteiger partial charge in [-0.05, 0) is 22.7 Å². The summed E-state index contributed by atoms with van der Waals surface area (Å²) < 4.78 is 6.24. The van der Waals surface area contributed by atoms with E-state index in [-0.39, 0.29) is 0 Å². The average molecular weight is 220 g/mol. The van der Waals surface area contributed by atoms with Crippen LogP contribution in [-0.2, 0) is 6.54 Å². The number of aromatic nitrogens is 3. The average Bonchev–Trinajstić information content (AvgIpc) is 2.80. The van der Waals surface area contributed by atoms with Gasteiger partial charge in [0, 0.05) is 23.4 Å². The number of nitrogens with zero attached hydrogens (tertiary/aromatic N) is 3. The Morgan fingerprint density at radius 2 is 2.33 bits per heavy atom. The van der Waals surface area contributed by atoms with Crippen LogP contribution in [0.4, 0.5) is 0 Å². The minimum absolute atomic E-state index is 0.994. The van der Waals surface area contributed by atoms with Gasteiger partial charge in [-0.25, -0.2) is 0 Å². The maximum absolute atomic E-state index is 4.35. The summed E-state index contributed by atoms with van der Waals surface area (Å²) in [5, 5.41) is 6.33. The fourth-order valence-corrected chi connectivity index (χ4v) is 1.88. The number of hydrogen-bond acceptors (Lipinski definition) is 3. The first-order valence-corrected chi connectivity index (χ1v) is 6.00. The highest BCUT2D eigenvalue weighted by molar-refractivity contribution is 7.03. The molecule has 0 atom stereocenters. The topological polar surface area (TPSA) is 29.7 Å². The molecule has 0 spiro atoms. The van der Waals surface area contributed by atoms with Crippen LogP contribution in [0.2, 0.25) is 0 Å². The van der Waals surface area contributed by atoms with E-state index < -0.39 is 0 Å². The summed E-state index contributed by atoms with van der Waals surface area (Å²) in [4.78, 5) is 0. The van der Waals surface area contributed by atoms with E-state index in [9.17, 15) is 0 Å². The Hall–Kier alpha value is -1.29. The highest BCUT2D eigenvalue weighted by atomic mass is 32.1. The van der Waals surface area contributed by atoms with Gasteiger partial charge in [0.25, 0.3) is 0 Å². The highest BCUT2D eigenvalue weighted by Gasteiger charge is 2.04. The van der Waals surface area contributed by atoms with Crippen molar-refractivity contribution in [3.63, 3.8) is 0 Å². The predicted octanol–water partition coefficient (Wildman–Crippen LogP) is 2.29. The van der Waals surface area contributed by atoms with Crippen molar-refractivity contribution in [1.82, 2.24) is 9.47 Å². The van der Waals surface area contributed by atoms with Crippen molar-refractivity contribution in [1.29, 1.82) is 0 Å². The van der Waals surface area contributed by atoms with E-state index in [1.165, 1.54) is 24.4 Å². The lowest BCUT2D eigenvalue weighted by atomic mass is 10.2. The second kappa shape index (κ2) is 4.98. The summed E-state index contributed by atoms with van der Waals surface area (Å²) in [6.07, 6.45) is 6.27.